The Balaban J connectivity index is 1.76. The first kappa shape index (κ1) is 14.8. The van der Waals surface area contributed by atoms with Crippen molar-refractivity contribution in [1.29, 1.82) is 0 Å². The van der Waals surface area contributed by atoms with E-state index < -0.39 is 0 Å². The maximum absolute atomic E-state index is 11.8. The summed E-state index contributed by atoms with van der Waals surface area (Å²) in [6.07, 6.45) is 1.69. The molecule has 0 saturated carbocycles. The van der Waals surface area contributed by atoms with Crippen LogP contribution >= 0.6 is 0 Å². The van der Waals surface area contributed by atoms with E-state index >= 15 is 0 Å². The lowest BCUT2D eigenvalue weighted by atomic mass is 10.2. The Hall–Kier alpha value is -2.56. The van der Waals surface area contributed by atoms with Crippen LogP contribution in [0, 0.1) is 13.8 Å². The molecule has 0 radical (unpaired) electrons. The molecule has 2 N–H and O–H groups in total. The highest BCUT2D eigenvalue weighted by atomic mass is 16.3. The normalized spacial score (nSPS) is 10.2. The minimum atomic E-state index is -0.232. The molecule has 2 rings (SSSR count). The Labute approximate surface area is 123 Å². The minimum Gasteiger partial charge on any atom is -0.469 e. The number of aryl methyl sites for hydroxylation is 2. The zero-order valence-corrected chi connectivity index (χ0v) is 12.1. The van der Waals surface area contributed by atoms with Gasteiger partial charge in [0, 0.05) is 18.7 Å². The molecule has 0 unspecified atom stereocenters. The summed E-state index contributed by atoms with van der Waals surface area (Å²) in [5.41, 5.74) is 2.38. The summed E-state index contributed by atoms with van der Waals surface area (Å²) in [6.45, 7) is 3.99. The minimum absolute atomic E-state index is 0.136. The van der Waals surface area contributed by atoms with E-state index in [9.17, 15) is 9.59 Å². The van der Waals surface area contributed by atoms with Gasteiger partial charge in [0.25, 0.3) is 5.91 Å². The Morgan fingerprint density at radius 1 is 1.10 bits per heavy atom. The average Bonchev–Trinajstić information content (AvgIpc) is 2.87. The predicted molar refractivity (Wildman–Crippen MR) is 80.2 cm³/mol. The van der Waals surface area contributed by atoms with Gasteiger partial charge in [-0.1, -0.05) is 17.7 Å². The molecule has 0 aliphatic heterocycles. The monoisotopic (exact) mass is 286 g/mol. The van der Waals surface area contributed by atoms with E-state index in [4.69, 9.17) is 4.42 Å². The quantitative estimate of drug-likeness (QED) is 0.887. The number of hydrogen-bond donors (Lipinski definition) is 2. The second kappa shape index (κ2) is 6.74. The molecule has 1 aromatic carbocycles. The molecular weight excluding hydrogens is 268 g/mol. The third-order valence-corrected chi connectivity index (χ3v) is 3.08. The molecule has 0 atom stereocenters. The fraction of sp³-hybridized carbons (Fsp3) is 0.250. The molecule has 110 valence electrons. The molecule has 2 amide bonds. The number of anilines is 1. The van der Waals surface area contributed by atoms with Crippen LogP contribution in [-0.4, -0.2) is 18.4 Å². The van der Waals surface area contributed by atoms with Crippen molar-refractivity contribution < 1.29 is 14.0 Å². The Kier molecular flexibility index (Phi) is 4.77. The zero-order valence-electron chi connectivity index (χ0n) is 12.1. The van der Waals surface area contributed by atoms with Gasteiger partial charge in [-0.05, 0) is 32.0 Å². The van der Waals surface area contributed by atoms with Gasteiger partial charge < -0.3 is 15.1 Å². The standard InChI is InChI=1S/C16H18N2O3/c1-11-3-5-13(6-4-11)18-15(19)7-9-17-16(20)14-8-10-21-12(14)2/h3-6,8,10H,7,9H2,1-2H3,(H,17,20)(H,18,19). The number of nitrogens with one attached hydrogen (secondary N) is 2. The molecule has 5 nitrogen and oxygen atoms in total. The Bertz CT molecular complexity index is 629. The molecule has 0 aliphatic carbocycles. The summed E-state index contributed by atoms with van der Waals surface area (Å²) in [5, 5.41) is 5.47. The van der Waals surface area contributed by atoms with Crippen molar-refractivity contribution >= 4 is 17.5 Å². The van der Waals surface area contributed by atoms with Gasteiger partial charge in [0.05, 0.1) is 11.8 Å². The summed E-state index contributed by atoms with van der Waals surface area (Å²) < 4.78 is 5.06. The average molecular weight is 286 g/mol. The fourth-order valence-electron chi connectivity index (χ4n) is 1.87. The maximum Gasteiger partial charge on any atom is 0.254 e. The number of carbonyl (C=O) groups is 2. The number of carbonyl (C=O) groups excluding carboxylic acids is 2. The predicted octanol–water partition coefficient (Wildman–Crippen LogP) is 2.66. The van der Waals surface area contributed by atoms with Crippen LogP contribution in [0.15, 0.2) is 41.0 Å². The molecule has 0 bridgehead atoms. The molecule has 5 heteroatoms. The van der Waals surface area contributed by atoms with Crippen molar-refractivity contribution in [3.05, 3.63) is 53.5 Å². The fourth-order valence-corrected chi connectivity index (χ4v) is 1.87. The van der Waals surface area contributed by atoms with E-state index in [1.165, 1.54) is 6.26 Å². The van der Waals surface area contributed by atoms with Crippen molar-refractivity contribution in [3.63, 3.8) is 0 Å². The summed E-state index contributed by atoms with van der Waals surface area (Å²) in [5.74, 6) is 0.198. The van der Waals surface area contributed by atoms with Gasteiger partial charge in [0.15, 0.2) is 0 Å². The molecule has 1 aromatic heterocycles. The SMILES string of the molecule is Cc1ccc(NC(=O)CCNC(=O)c2ccoc2C)cc1. The van der Waals surface area contributed by atoms with Crippen LogP contribution < -0.4 is 10.6 Å². The van der Waals surface area contributed by atoms with E-state index in [0.717, 1.165) is 11.3 Å². The van der Waals surface area contributed by atoms with Gasteiger partial charge in [-0.3, -0.25) is 9.59 Å². The summed E-state index contributed by atoms with van der Waals surface area (Å²) in [7, 11) is 0. The first-order chi connectivity index (χ1) is 10.1. The highest BCUT2D eigenvalue weighted by Gasteiger charge is 2.11. The third kappa shape index (κ3) is 4.21. The van der Waals surface area contributed by atoms with Crippen LogP contribution in [-0.2, 0) is 4.79 Å². The first-order valence-corrected chi connectivity index (χ1v) is 6.75. The molecular formula is C16H18N2O3. The van der Waals surface area contributed by atoms with Gasteiger partial charge >= 0.3 is 0 Å². The van der Waals surface area contributed by atoms with E-state index in [2.05, 4.69) is 10.6 Å². The second-order valence-corrected chi connectivity index (χ2v) is 4.81. The lowest BCUT2D eigenvalue weighted by Crippen LogP contribution is -2.27. The van der Waals surface area contributed by atoms with Crippen molar-refractivity contribution in [2.75, 3.05) is 11.9 Å². The molecule has 0 fully saturated rings. The van der Waals surface area contributed by atoms with Crippen molar-refractivity contribution in [2.45, 2.75) is 20.3 Å². The van der Waals surface area contributed by atoms with Crippen LogP contribution in [0.5, 0.6) is 0 Å². The molecule has 0 saturated heterocycles. The van der Waals surface area contributed by atoms with Gasteiger partial charge in [0.2, 0.25) is 5.91 Å². The number of furan rings is 1. The highest BCUT2D eigenvalue weighted by molar-refractivity contribution is 5.96. The molecule has 1 heterocycles. The number of hydrogen-bond acceptors (Lipinski definition) is 3. The van der Waals surface area contributed by atoms with Gasteiger partial charge in [-0.15, -0.1) is 0 Å². The summed E-state index contributed by atoms with van der Waals surface area (Å²) in [4.78, 5) is 23.6. The van der Waals surface area contributed by atoms with Crippen LogP contribution in [0.4, 0.5) is 5.69 Å². The van der Waals surface area contributed by atoms with Crippen LogP contribution in [0.2, 0.25) is 0 Å². The van der Waals surface area contributed by atoms with Crippen LogP contribution in [0.25, 0.3) is 0 Å². The topological polar surface area (TPSA) is 71.3 Å². The summed E-state index contributed by atoms with van der Waals surface area (Å²) in [6, 6.07) is 9.16. The Morgan fingerprint density at radius 3 is 2.43 bits per heavy atom. The summed E-state index contributed by atoms with van der Waals surface area (Å²) >= 11 is 0. The first-order valence-electron chi connectivity index (χ1n) is 6.75. The van der Waals surface area contributed by atoms with Gasteiger partial charge in [-0.25, -0.2) is 0 Å². The van der Waals surface area contributed by atoms with Gasteiger partial charge in [-0.2, -0.15) is 0 Å². The smallest absolute Gasteiger partial charge is 0.254 e. The number of benzene rings is 1. The van der Waals surface area contributed by atoms with Crippen molar-refractivity contribution in [2.24, 2.45) is 0 Å². The van der Waals surface area contributed by atoms with Crippen LogP contribution in [0.1, 0.15) is 28.1 Å². The van der Waals surface area contributed by atoms with Crippen LogP contribution in [0.3, 0.4) is 0 Å². The lowest BCUT2D eigenvalue weighted by Gasteiger charge is -2.06. The zero-order chi connectivity index (χ0) is 15.2. The van der Waals surface area contributed by atoms with E-state index in [1.54, 1.807) is 13.0 Å². The third-order valence-electron chi connectivity index (χ3n) is 3.08. The number of amides is 2. The molecule has 0 aliphatic rings. The Morgan fingerprint density at radius 2 is 1.81 bits per heavy atom. The number of rotatable bonds is 5. The van der Waals surface area contributed by atoms with Crippen molar-refractivity contribution in [1.82, 2.24) is 5.32 Å². The molecule has 2 aromatic rings. The largest absolute Gasteiger partial charge is 0.469 e. The van der Waals surface area contributed by atoms with E-state index in [0.29, 0.717) is 11.3 Å². The highest BCUT2D eigenvalue weighted by Crippen LogP contribution is 2.09. The van der Waals surface area contributed by atoms with Gasteiger partial charge in [0.1, 0.15) is 5.76 Å². The molecule has 0 spiro atoms. The second-order valence-electron chi connectivity index (χ2n) is 4.81. The molecule has 21 heavy (non-hydrogen) atoms. The lowest BCUT2D eigenvalue weighted by molar-refractivity contribution is -0.116. The van der Waals surface area contributed by atoms with Crippen molar-refractivity contribution in [3.8, 4) is 0 Å². The maximum atomic E-state index is 11.8. The van der Waals surface area contributed by atoms with E-state index in [1.807, 2.05) is 31.2 Å². The van der Waals surface area contributed by atoms with E-state index in [-0.39, 0.29) is 24.8 Å².